The maximum absolute atomic E-state index is 13.1. The van der Waals surface area contributed by atoms with Gasteiger partial charge in [0, 0.05) is 43.6 Å². The second kappa shape index (κ2) is 11.9. The highest BCUT2D eigenvalue weighted by atomic mass is 16.3. The van der Waals surface area contributed by atoms with Crippen molar-refractivity contribution in [2.24, 2.45) is 0 Å². The van der Waals surface area contributed by atoms with Crippen LogP contribution in [0.4, 0.5) is 11.4 Å². The first-order chi connectivity index (χ1) is 20.5. The topological polar surface area (TPSA) is 117 Å². The van der Waals surface area contributed by atoms with Crippen LogP contribution in [0.3, 0.4) is 0 Å². The third-order valence-corrected chi connectivity index (χ3v) is 7.82. The van der Waals surface area contributed by atoms with E-state index >= 15 is 0 Å². The molecule has 0 bridgehead atoms. The lowest BCUT2D eigenvalue weighted by Gasteiger charge is -2.36. The number of hydrogen-bond acceptors (Lipinski definition) is 6. The fourth-order valence-electron chi connectivity index (χ4n) is 5.62. The average Bonchev–Trinajstić information content (AvgIpc) is 3.46. The number of anilines is 2. The number of fused-ring (bicyclic) bond motifs is 1. The van der Waals surface area contributed by atoms with E-state index in [0.717, 1.165) is 40.9 Å². The van der Waals surface area contributed by atoms with Gasteiger partial charge in [0.1, 0.15) is 11.4 Å². The number of amides is 1. The van der Waals surface area contributed by atoms with Crippen LogP contribution < -0.4 is 15.8 Å². The summed E-state index contributed by atoms with van der Waals surface area (Å²) in [6, 6.07) is 25.0. The molecule has 4 N–H and O–H groups in total. The Bertz CT molecular complexity index is 1740. The lowest BCUT2D eigenvalue weighted by Crippen LogP contribution is -2.48. The molecule has 9 nitrogen and oxygen atoms in total. The SMILES string of the molecule is Cc1cc(N2CCN(C(=O)c3ccccc3)CC2)cc2[nH]c(-c3c(N[C@@H](CO)Cc4ccccc4)cc[nH]c3=O)nc12. The number of rotatable bonds is 8. The standard InChI is InChI=1S/C33H34N6O3/c1-22-18-26(38-14-16-39(17-15-38)33(42)24-10-6-3-7-11-24)20-28-30(22)37-31(36-28)29-27(12-13-34-32(29)41)35-25(21-40)19-23-8-4-2-5-9-23/h2-13,18,20,25,40H,14-17,19,21H2,1H3,(H,36,37)(H2,34,35,41)/t25-/m1/s1. The first kappa shape index (κ1) is 27.3. The number of hydrogen-bond donors (Lipinski definition) is 4. The summed E-state index contributed by atoms with van der Waals surface area (Å²) in [7, 11) is 0. The Kier molecular flexibility index (Phi) is 7.74. The Balaban J connectivity index is 1.23. The summed E-state index contributed by atoms with van der Waals surface area (Å²) in [6.45, 7) is 4.66. The van der Waals surface area contributed by atoms with E-state index in [9.17, 15) is 14.7 Å². The number of aryl methyl sites for hydroxylation is 1. The van der Waals surface area contributed by atoms with Crippen LogP contribution in [0.2, 0.25) is 0 Å². The molecule has 0 spiro atoms. The lowest BCUT2D eigenvalue weighted by molar-refractivity contribution is 0.0747. The number of aromatic nitrogens is 3. The van der Waals surface area contributed by atoms with Crippen molar-refractivity contribution in [1.82, 2.24) is 19.9 Å². The minimum Gasteiger partial charge on any atom is -0.394 e. The van der Waals surface area contributed by atoms with Crippen LogP contribution in [0.15, 0.2) is 89.9 Å². The summed E-state index contributed by atoms with van der Waals surface area (Å²) in [5, 5.41) is 13.5. The van der Waals surface area contributed by atoms with Gasteiger partial charge in [-0.1, -0.05) is 48.5 Å². The molecule has 9 heteroatoms. The molecule has 1 fully saturated rings. The number of nitrogens with one attached hydrogen (secondary N) is 3. The molecule has 1 saturated heterocycles. The number of piperazine rings is 1. The average molecular weight is 563 g/mol. The van der Waals surface area contributed by atoms with Crippen molar-refractivity contribution >= 4 is 28.3 Å². The van der Waals surface area contributed by atoms with Gasteiger partial charge in [0.15, 0.2) is 0 Å². The number of H-pyrrole nitrogens is 2. The zero-order valence-corrected chi connectivity index (χ0v) is 23.5. The number of benzene rings is 3. The summed E-state index contributed by atoms with van der Waals surface area (Å²) in [5.74, 6) is 0.522. The van der Waals surface area contributed by atoms with E-state index in [2.05, 4.69) is 32.3 Å². The third kappa shape index (κ3) is 5.64. The predicted octanol–water partition coefficient (Wildman–Crippen LogP) is 4.20. The van der Waals surface area contributed by atoms with Crippen LogP contribution in [0.5, 0.6) is 0 Å². The highest BCUT2D eigenvalue weighted by Gasteiger charge is 2.24. The summed E-state index contributed by atoms with van der Waals surface area (Å²) >= 11 is 0. The third-order valence-electron chi connectivity index (χ3n) is 7.82. The van der Waals surface area contributed by atoms with Gasteiger partial charge < -0.3 is 30.2 Å². The quantitative estimate of drug-likeness (QED) is 0.225. The number of pyridine rings is 1. The molecule has 1 atom stereocenters. The normalized spacial score (nSPS) is 14.2. The molecule has 0 radical (unpaired) electrons. The Hall–Kier alpha value is -4.89. The summed E-state index contributed by atoms with van der Waals surface area (Å²) in [6.07, 6.45) is 2.20. The number of carbonyl (C=O) groups is 1. The molecule has 1 amide bonds. The molecule has 3 heterocycles. The molecule has 2 aromatic heterocycles. The first-order valence-electron chi connectivity index (χ1n) is 14.2. The van der Waals surface area contributed by atoms with E-state index in [1.165, 1.54) is 0 Å². The van der Waals surface area contributed by atoms with Gasteiger partial charge in [-0.25, -0.2) is 4.98 Å². The number of aliphatic hydroxyl groups excluding tert-OH is 1. The van der Waals surface area contributed by atoms with Gasteiger partial charge in [0.05, 0.1) is 29.4 Å². The number of nitrogens with zero attached hydrogens (tertiary/aromatic N) is 3. The van der Waals surface area contributed by atoms with Crippen LogP contribution in [0.25, 0.3) is 22.4 Å². The van der Waals surface area contributed by atoms with E-state index in [1.807, 2.05) is 72.5 Å². The number of aliphatic hydroxyl groups is 1. The van der Waals surface area contributed by atoms with Gasteiger partial charge in [0.25, 0.3) is 11.5 Å². The lowest BCUT2D eigenvalue weighted by atomic mass is 10.1. The molecule has 214 valence electrons. The highest BCUT2D eigenvalue weighted by molar-refractivity contribution is 5.94. The van der Waals surface area contributed by atoms with Crippen molar-refractivity contribution in [3.8, 4) is 11.4 Å². The molecule has 3 aromatic carbocycles. The van der Waals surface area contributed by atoms with Crippen LogP contribution in [-0.4, -0.2) is 69.7 Å². The van der Waals surface area contributed by atoms with E-state index in [0.29, 0.717) is 42.1 Å². The van der Waals surface area contributed by atoms with Crippen molar-refractivity contribution < 1.29 is 9.90 Å². The Morgan fingerprint density at radius 2 is 1.71 bits per heavy atom. The molecule has 0 aliphatic carbocycles. The van der Waals surface area contributed by atoms with Gasteiger partial charge in [0.2, 0.25) is 0 Å². The highest BCUT2D eigenvalue weighted by Crippen LogP contribution is 2.30. The van der Waals surface area contributed by atoms with Crippen LogP contribution in [-0.2, 0) is 6.42 Å². The van der Waals surface area contributed by atoms with Crippen molar-refractivity contribution in [3.05, 3.63) is 112 Å². The van der Waals surface area contributed by atoms with Crippen molar-refractivity contribution in [2.45, 2.75) is 19.4 Å². The molecule has 6 rings (SSSR count). The maximum Gasteiger partial charge on any atom is 0.261 e. The fraction of sp³-hybridized carbons (Fsp3) is 0.242. The zero-order valence-electron chi connectivity index (χ0n) is 23.5. The van der Waals surface area contributed by atoms with Gasteiger partial charge in [-0.3, -0.25) is 9.59 Å². The zero-order chi connectivity index (χ0) is 29.1. The fourth-order valence-corrected chi connectivity index (χ4v) is 5.62. The summed E-state index contributed by atoms with van der Waals surface area (Å²) in [4.78, 5) is 41.1. The largest absolute Gasteiger partial charge is 0.394 e. The maximum atomic E-state index is 13.1. The Morgan fingerprint density at radius 1 is 1.00 bits per heavy atom. The second-order valence-electron chi connectivity index (χ2n) is 10.7. The number of carbonyl (C=O) groups excluding carboxylic acids is 1. The Labute approximate surface area is 243 Å². The van der Waals surface area contributed by atoms with E-state index < -0.39 is 0 Å². The minimum atomic E-state index is -0.280. The molecule has 42 heavy (non-hydrogen) atoms. The molecule has 1 aliphatic heterocycles. The van der Waals surface area contributed by atoms with Crippen molar-refractivity contribution in [3.63, 3.8) is 0 Å². The molecular formula is C33H34N6O3. The van der Waals surface area contributed by atoms with Crippen LogP contribution in [0.1, 0.15) is 21.5 Å². The predicted molar refractivity (Wildman–Crippen MR) is 166 cm³/mol. The van der Waals surface area contributed by atoms with Crippen LogP contribution in [0, 0.1) is 6.92 Å². The van der Waals surface area contributed by atoms with Crippen LogP contribution >= 0.6 is 0 Å². The molecular weight excluding hydrogens is 528 g/mol. The Morgan fingerprint density at radius 3 is 2.43 bits per heavy atom. The second-order valence-corrected chi connectivity index (χ2v) is 10.7. The van der Waals surface area contributed by atoms with E-state index in [1.54, 1.807) is 12.3 Å². The van der Waals surface area contributed by atoms with Gasteiger partial charge in [-0.2, -0.15) is 0 Å². The minimum absolute atomic E-state index is 0.0600. The number of aromatic amines is 2. The first-order valence-corrected chi connectivity index (χ1v) is 14.2. The summed E-state index contributed by atoms with van der Waals surface area (Å²) < 4.78 is 0. The summed E-state index contributed by atoms with van der Waals surface area (Å²) in [5.41, 5.74) is 6.20. The van der Waals surface area contributed by atoms with Gasteiger partial charge in [-0.15, -0.1) is 0 Å². The molecule has 5 aromatic rings. The van der Waals surface area contributed by atoms with Crippen molar-refractivity contribution in [1.29, 1.82) is 0 Å². The monoisotopic (exact) mass is 562 g/mol. The number of imidazole rings is 1. The van der Waals surface area contributed by atoms with E-state index in [4.69, 9.17) is 4.98 Å². The van der Waals surface area contributed by atoms with Crippen molar-refractivity contribution in [2.75, 3.05) is 43.0 Å². The molecule has 0 saturated carbocycles. The van der Waals surface area contributed by atoms with E-state index in [-0.39, 0.29) is 24.1 Å². The smallest absolute Gasteiger partial charge is 0.261 e. The van der Waals surface area contributed by atoms with Gasteiger partial charge in [-0.05, 0) is 54.8 Å². The molecule has 0 unspecified atom stereocenters. The molecule has 1 aliphatic rings. The van der Waals surface area contributed by atoms with Gasteiger partial charge >= 0.3 is 0 Å².